The molecule has 0 saturated heterocycles. The van der Waals surface area contributed by atoms with Gasteiger partial charge in [0.25, 0.3) is 0 Å². The van der Waals surface area contributed by atoms with Crippen LogP contribution in [-0.4, -0.2) is 5.91 Å². The molecule has 0 fully saturated rings. The first kappa shape index (κ1) is 5.96. The van der Waals surface area contributed by atoms with Crippen LogP contribution in [0.4, 0.5) is 0 Å². The van der Waals surface area contributed by atoms with Crippen molar-refractivity contribution in [3.05, 3.63) is 0 Å². The maximum atomic E-state index is 9.83. The van der Waals surface area contributed by atoms with Crippen LogP contribution in [0, 0.1) is 11.3 Å². The second kappa shape index (κ2) is 3.16. The Morgan fingerprint density at radius 2 is 2.43 bits per heavy atom. The Morgan fingerprint density at radius 3 is 2.57 bits per heavy atom. The number of amides is 1. The maximum Gasteiger partial charge on any atom is 0.218 e. The van der Waals surface area contributed by atoms with Crippen LogP contribution < -0.4 is 5.73 Å². The van der Waals surface area contributed by atoms with Crippen LogP contribution in [0.3, 0.4) is 0 Å². The van der Waals surface area contributed by atoms with Gasteiger partial charge in [0.15, 0.2) is 0 Å². The van der Waals surface area contributed by atoms with Crippen molar-refractivity contribution in [2.75, 3.05) is 0 Å². The van der Waals surface area contributed by atoms with E-state index in [0.717, 1.165) is 0 Å². The fourth-order valence-electron chi connectivity index (χ4n) is 0.179. The second-order valence-electron chi connectivity index (χ2n) is 1.12. The topological polar surface area (TPSA) is 66.9 Å². The number of carbonyl (C=O) groups excluding carboxylic acids is 1. The van der Waals surface area contributed by atoms with Crippen molar-refractivity contribution >= 4 is 5.91 Å². The van der Waals surface area contributed by atoms with Gasteiger partial charge in [-0.15, -0.1) is 0 Å². The molecule has 0 aromatic carbocycles. The van der Waals surface area contributed by atoms with Crippen molar-refractivity contribution in [3.8, 4) is 6.07 Å². The van der Waals surface area contributed by atoms with Crippen LogP contribution in [0.25, 0.3) is 0 Å². The van der Waals surface area contributed by atoms with Gasteiger partial charge in [-0.05, 0) is 0 Å². The standard InChI is InChI=1S/C4H6N2O/c5-3-1-2-4(6)7/h1-2H2,(H2,6,7). The summed E-state index contributed by atoms with van der Waals surface area (Å²) in [7, 11) is 0. The van der Waals surface area contributed by atoms with E-state index in [1.165, 1.54) is 0 Å². The number of nitriles is 1. The molecular formula is C4H6N2O. The van der Waals surface area contributed by atoms with Crippen LogP contribution in [0.5, 0.6) is 0 Å². The number of hydrogen-bond acceptors (Lipinski definition) is 2. The van der Waals surface area contributed by atoms with Crippen molar-refractivity contribution < 1.29 is 4.79 Å². The Morgan fingerprint density at radius 1 is 1.86 bits per heavy atom. The van der Waals surface area contributed by atoms with Crippen molar-refractivity contribution in [2.45, 2.75) is 12.8 Å². The van der Waals surface area contributed by atoms with Gasteiger partial charge in [0.05, 0.1) is 6.07 Å². The molecule has 0 unspecified atom stereocenters. The Bertz CT molecular complexity index is 103. The van der Waals surface area contributed by atoms with Gasteiger partial charge in [-0.25, -0.2) is 0 Å². The lowest BCUT2D eigenvalue weighted by Crippen LogP contribution is -2.08. The third-order valence-corrected chi connectivity index (χ3v) is 0.483. The molecular weight excluding hydrogens is 92.1 g/mol. The predicted molar refractivity (Wildman–Crippen MR) is 24.0 cm³/mol. The smallest absolute Gasteiger partial charge is 0.218 e. The Labute approximate surface area is 41.7 Å². The lowest BCUT2D eigenvalue weighted by atomic mass is 10.3. The molecule has 0 rings (SSSR count). The van der Waals surface area contributed by atoms with Gasteiger partial charge in [-0.1, -0.05) is 0 Å². The molecule has 7 heavy (non-hydrogen) atoms. The molecule has 0 aliphatic rings. The largest absolute Gasteiger partial charge is 0.370 e. The van der Waals surface area contributed by atoms with E-state index in [1.54, 1.807) is 6.07 Å². The van der Waals surface area contributed by atoms with E-state index in [-0.39, 0.29) is 12.8 Å². The van der Waals surface area contributed by atoms with E-state index in [9.17, 15) is 4.79 Å². The van der Waals surface area contributed by atoms with E-state index in [0.29, 0.717) is 0 Å². The lowest BCUT2D eigenvalue weighted by molar-refractivity contribution is -0.117. The first-order chi connectivity index (χ1) is 3.27. The highest BCUT2D eigenvalue weighted by Crippen LogP contribution is 1.80. The van der Waals surface area contributed by atoms with Crippen LogP contribution >= 0.6 is 0 Å². The van der Waals surface area contributed by atoms with Crippen molar-refractivity contribution in [1.29, 1.82) is 5.26 Å². The summed E-state index contributed by atoms with van der Waals surface area (Å²) in [5, 5.41) is 7.86. The number of primary amides is 1. The van der Waals surface area contributed by atoms with Crippen molar-refractivity contribution in [2.24, 2.45) is 5.73 Å². The molecule has 2 N–H and O–H groups in total. The molecule has 0 heterocycles. The summed E-state index contributed by atoms with van der Waals surface area (Å²) in [4.78, 5) is 9.83. The molecule has 0 aromatic heterocycles. The minimum atomic E-state index is -0.415. The van der Waals surface area contributed by atoms with E-state index in [4.69, 9.17) is 5.26 Å². The highest BCUT2D eigenvalue weighted by atomic mass is 16.1. The van der Waals surface area contributed by atoms with Gasteiger partial charge in [-0.2, -0.15) is 5.26 Å². The zero-order valence-electron chi connectivity index (χ0n) is 3.85. The zero-order chi connectivity index (χ0) is 5.70. The normalized spacial score (nSPS) is 7.29. The Hall–Kier alpha value is -1.04. The van der Waals surface area contributed by atoms with Crippen LogP contribution in [0.15, 0.2) is 0 Å². The highest BCUT2D eigenvalue weighted by molar-refractivity contribution is 5.73. The molecule has 38 valence electrons. The summed E-state index contributed by atoms with van der Waals surface area (Å²) in [6.45, 7) is 0. The zero-order valence-corrected chi connectivity index (χ0v) is 3.85. The molecule has 3 heteroatoms. The van der Waals surface area contributed by atoms with Crippen LogP contribution in [0.1, 0.15) is 12.8 Å². The van der Waals surface area contributed by atoms with Crippen LogP contribution in [-0.2, 0) is 4.79 Å². The minimum absolute atomic E-state index is 0.177. The molecule has 0 aliphatic carbocycles. The number of carbonyl (C=O) groups is 1. The SMILES string of the molecule is N#CCCC(N)=O. The lowest BCUT2D eigenvalue weighted by Gasteiger charge is -1.79. The molecule has 3 nitrogen and oxygen atoms in total. The fourth-order valence-corrected chi connectivity index (χ4v) is 0.179. The average Bonchev–Trinajstić information content (AvgIpc) is 1.61. The Kier molecular flexibility index (Phi) is 2.69. The summed E-state index contributed by atoms with van der Waals surface area (Å²) in [5.41, 5.74) is 4.69. The molecule has 0 radical (unpaired) electrons. The molecule has 1 amide bonds. The summed E-state index contributed by atoms with van der Waals surface area (Å²) < 4.78 is 0. The van der Waals surface area contributed by atoms with Gasteiger partial charge in [0.1, 0.15) is 0 Å². The average molecular weight is 98.1 g/mol. The van der Waals surface area contributed by atoms with Gasteiger partial charge in [-0.3, -0.25) is 4.79 Å². The van der Waals surface area contributed by atoms with Gasteiger partial charge >= 0.3 is 0 Å². The third kappa shape index (κ3) is 4.96. The van der Waals surface area contributed by atoms with E-state index in [2.05, 4.69) is 5.73 Å². The van der Waals surface area contributed by atoms with Crippen LogP contribution in [0.2, 0.25) is 0 Å². The first-order valence-corrected chi connectivity index (χ1v) is 1.92. The molecule has 0 bridgehead atoms. The summed E-state index contributed by atoms with van der Waals surface area (Å²) in [6.07, 6.45) is 0.409. The van der Waals surface area contributed by atoms with Gasteiger partial charge < -0.3 is 5.73 Å². The Balaban J connectivity index is 3.02. The summed E-state index contributed by atoms with van der Waals surface area (Å²) in [5.74, 6) is -0.415. The van der Waals surface area contributed by atoms with Gasteiger partial charge in [0, 0.05) is 12.8 Å². The monoisotopic (exact) mass is 98.0 g/mol. The van der Waals surface area contributed by atoms with E-state index in [1.807, 2.05) is 0 Å². The number of nitrogens with two attached hydrogens (primary N) is 1. The number of hydrogen-bond donors (Lipinski definition) is 1. The highest BCUT2D eigenvalue weighted by Gasteiger charge is 1.88. The summed E-state index contributed by atoms with van der Waals surface area (Å²) >= 11 is 0. The second-order valence-corrected chi connectivity index (χ2v) is 1.12. The maximum absolute atomic E-state index is 9.83. The quantitative estimate of drug-likeness (QED) is 0.518. The molecule has 0 aromatic rings. The van der Waals surface area contributed by atoms with Crippen molar-refractivity contribution in [3.63, 3.8) is 0 Å². The predicted octanol–water partition coefficient (Wildman–Crippen LogP) is -0.225. The molecule has 0 aliphatic heterocycles. The first-order valence-electron chi connectivity index (χ1n) is 1.92. The molecule has 0 atom stereocenters. The van der Waals surface area contributed by atoms with E-state index < -0.39 is 5.91 Å². The minimum Gasteiger partial charge on any atom is -0.370 e. The fraction of sp³-hybridized carbons (Fsp3) is 0.500. The number of nitrogens with zero attached hydrogens (tertiary/aromatic N) is 1. The third-order valence-electron chi connectivity index (χ3n) is 0.483. The molecule has 0 spiro atoms. The van der Waals surface area contributed by atoms with Gasteiger partial charge in [0.2, 0.25) is 5.91 Å². The van der Waals surface area contributed by atoms with Crippen molar-refractivity contribution in [1.82, 2.24) is 0 Å². The molecule has 0 saturated carbocycles. The summed E-state index contributed by atoms with van der Waals surface area (Å²) in [6, 6.07) is 1.80. The number of rotatable bonds is 2. The van der Waals surface area contributed by atoms with E-state index >= 15 is 0 Å².